The van der Waals surface area contributed by atoms with Crippen LogP contribution in [0.4, 0.5) is 0 Å². The van der Waals surface area contributed by atoms with Crippen LogP contribution in [-0.4, -0.2) is 40.3 Å². The highest BCUT2D eigenvalue weighted by molar-refractivity contribution is 5.95. The quantitative estimate of drug-likeness (QED) is 0.656. The number of esters is 1. The van der Waals surface area contributed by atoms with Gasteiger partial charge in [-0.25, -0.2) is 9.67 Å². The number of rotatable bonds is 5. The number of benzene rings is 1. The first-order chi connectivity index (χ1) is 14.6. The van der Waals surface area contributed by atoms with Crippen molar-refractivity contribution in [2.45, 2.75) is 32.6 Å². The van der Waals surface area contributed by atoms with Gasteiger partial charge in [0, 0.05) is 11.9 Å². The predicted molar refractivity (Wildman–Crippen MR) is 113 cm³/mol. The van der Waals surface area contributed by atoms with Gasteiger partial charge in [0.15, 0.2) is 5.82 Å². The predicted octanol–water partition coefficient (Wildman–Crippen LogP) is 3.44. The fraction of sp³-hybridized carbons (Fsp3) is 0.391. The Morgan fingerprint density at radius 1 is 1.17 bits per heavy atom. The molecule has 0 bridgehead atoms. The molecule has 2 aromatic heterocycles. The van der Waals surface area contributed by atoms with E-state index in [0.717, 1.165) is 42.3 Å². The third-order valence-corrected chi connectivity index (χ3v) is 5.99. The van der Waals surface area contributed by atoms with E-state index in [1.54, 1.807) is 10.9 Å². The Hall–Kier alpha value is -3.22. The fourth-order valence-electron chi connectivity index (χ4n) is 4.27. The highest BCUT2D eigenvalue weighted by Crippen LogP contribution is 2.30. The summed E-state index contributed by atoms with van der Waals surface area (Å²) in [6, 6.07) is 11.8. The van der Waals surface area contributed by atoms with Crippen LogP contribution in [0.3, 0.4) is 0 Å². The van der Waals surface area contributed by atoms with Crippen molar-refractivity contribution in [2.24, 2.45) is 11.8 Å². The molecule has 2 heterocycles. The van der Waals surface area contributed by atoms with Crippen molar-refractivity contribution in [1.29, 1.82) is 0 Å². The number of nitrogens with one attached hydrogen (secondary N) is 1. The maximum Gasteiger partial charge on any atom is 0.309 e. The Morgan fingerprint density at radius 3 is 2.80 bits per heavy atom. The minimum absolute atomic E-state index is 0.104. The van der Waals surface area contributed by atoms with Crippen molar-refractivity contribution in [3.05, 3.63) is 53.9 Å². The number of methoxy groups -OCH3 is 1. The van der Waals surface area contributed by atoms with Crippen LogP contribution >= 0.6 is 0 Å². The lowest BCUT2D eigenvalue weighted by atomic mass is 9.79. The lowest BCUT2D eigenvalue weighted by Gasteiger charge is -2.29. The van der Waals surface area contributed by atoms with E-state index in [0.29, 0.717) is 17.9 Å². The van der Waals surface area contributed by atoms with Crippen LogP contribution in [0.15, 0.2) is 42.6 Å². The molecule has 1 aliphatic rings. The molecule has 1 fully saturated rings. The fourth-order valence-corrected chi connectivity index (χ4v) is 4.27. The Kier molecular flexibility index (Phi) is 5.79. The van der Waals surface area contributed by atoms with Gasteiger partial charge in [-0.15, -0.1) is 0 Å². The number of fused-ring (bicyclic) bond motifs is 1. The Bertz CT molecular complexity index is 1080. The lowest BCUT2D eigenvalue weighted by molar-refractivity contribution is -0.148. The van der Waals surface area contributed by atoms with Gasteiger partial charge >= 0.3 is 5.97 Å². The second-order valence-corrected chi connectivity index (χ2v) is 7.80. The average Bonchev–Trinajstić information content (AvgIpc) is 3.18. The van der Waals surface area contributed by atoms with Crippen LogP contribution in [0.1, 0.15) is 41.7 Å². The summed E-state index contributed by atoms with van der Waals surface area (Å²) in [6.45, 7) is 2.31. The molecule has 7 nitrogen and oxygen atoms in total. The van der Waals surface area contributed by atoms with E-state index >= 15 is 0 Å². The first kappa shape index (κ1) is 20.1. The van der Waals surface area contributed by atoms with Crippen molar-refractivity contribution < 1.29 is 14.3 Å². The van der Waals surface area contributed by atoms with Gasteiger partial charge in [-0.05, 0) is 43.9 Å². The zero-order valence-electron chi connectivity index (χ0n) is 17.3. The molecule has 1 aromatic carbocycles. The summed E-state index contributed by atoms with van der Waals surface area (Å²) < 4.78 is 6.62. The number of para-hydroxylation sites is 1. The smallest absolute Gasteiger partial charge is 0.309 e. The summed E-state index contributed by atoms with van der Waals surface area (Å²) in [5, 5.41) is 8.43. The molecule has 156 valence electrons. The van der Waals surface area contributed by atoms with E-state index in [1.165, 1.54) is 7.11 Å². The summed E-state index contributed by atoms with van der Waals surface area (Å²) in [7, 11) is 1.42. The van der Waals surface area contributed by atoms with Crippen LogP contribution in [0.2, 0.25) is 0 Å². The molecule has 1 aliphatic carbocycles. The molecule has 1 amide bonds. The summed E-state index contributed by atoms with van der Waals surface area (Å²) >= 11 is 0. The van der Waals surface area contributed by atoms with Crippen molar-refractivity contribution in [3.63, 3.8) is 0 Å². The van der Waals surface area contributed by atoms with Crippen molar-refractivity contribution in [3.8, 4) is 5.82 Å². The van der Waals surface area contributed by atoms with Crippen LogP contribution in [0.25, 0.3) is 16.7 Å². The van der Waals surface area contributed by atoms with Gasteiger partial charge in [0.1, 0.15) is 0 Å². The number of amides is 1. The van der Waals surface area contributed by atoms with Gasteiger partial charge in [0.2, 0.25) is 0 Å². The second kappa shape index (κ2) is 8.65. The molecule has 2 atom stereocenters. The molecule has 0 radical (unpaired) electrons. The largest absolute Gasteiger partial charge is 0.469 e. The molecular formula is C23H26N4O3. The van der Waals surface area contributed by atoms with Gasteiger partial charge in [-0.2, -0.15) is 5.10 Å². The number of carbonyl (C=O) groups excluding carboxylic acids is 2. The van der Waals surface area contributed by atoms with Crippen molar-refractivity contribution >= 4 is 22.8 Å². The van der Waals surface area contributed by atoms with Gasteiger partial charge in [0.25, 0.3) is 5.91 Å². The normalized spacial score (nSPS) is 18.9. The van der Waals surface area contributed by atoms with E-state index in [4.69, 9.17) is 4.74 Å². The Morgan fingerprint density at radius 2 is 1.97 bits per heavy atom. The molecule has 0 saturated heterocycles. The average molecular weight is 406 g/mol. The van der Waals surface area contributed by atoms with Gasteiger partial charge in [-0.3, -0.25) is 9.59 Å². The third-order valence-electron chi connectivity index (χ3n) is 5.99. The standard InChI is InChI=1S/C23H26N4O3/c1-15-19(22(28)24-13-17-8-3-5-9-18(17)23(29)30-2)14-25-27(15)21-12-11-16-7-4-6-10-20(16)26-21/h4,6-7,10-12,14,17-18H,3,5,8-9,13H2,1-2H3,(H,24,28). The summed E-state index contributed by atoms with van der Waals surface area (Å²) in [5.74, 6) is 0.264. The molecule has 0 spiro atoms. The maximum absolute atomic E-state index is 12.8. The minimum atomic E-state index is -0.186. The molecule has 4 rings (SSSR count). The van der Waals surface area contributed by atoms with Crippen LogP contribution in [0.5, 0.6) is 0 Å². The number of ether oxygens (including phenoxy) is 1. The summed E-state index contributed by atoms with van der Waals surface area (Å²) in [5.41, 5.74) is 2.11. The van der Waals surface area contributed by atoms with Crippen LogP contribution < -0.4 is 5.32 Å². The number of pyridine rings is 1. The molecule has 2 unspecified atom stereocenters. The molecule has 30 heavy (non-hydrogen) atoms. The SMILES string of the molecule is COC(=O)C1CCCCC1CNC(=O)c1cnn(-c2ccc3ccccc3n2)c1C. The number of nitrogens with zero attached hydrogens (tertiary/aromatic N) is 3. The first-order valence-electron chi connectivity index (χ1n) is 10.4. The van der Waals surface area contributed by atoms with Crippen LogP contribution in [0, 0.1) is 18.8 Å². The Labute approximate surface area is 175 Å². The molecule has 1 saturated carbocycles. The maximum atomic E-state index is 12.8. The Balaban J connectivity index is 1.48. The number of carbonyl (C=O) groups is 2. The van der Waals surface area contributed by atoms with Crippen molar-refractivity contribution in [2.75, 3.05) is 13.7 Å². The third kappa shape index (κ3) is 3.92. The molecule has 1 N–H and O–H groups in total. The number of aromatic nitrogens is 3. The number of hydrogen-bond donors (Lipinski definition) is 1. The zero-order chi connectivity index (χ0) is 21.1. The van der Waals surface area contributed by atoms with E-state index in [1.807, 2.05) is 43.3 Å². The molecular weight excluding hydrogens is 380 g/mol. The highest BCUT2D eigenvalue weighted by atomic mass is 16.5. The van der Waals surface area contributed by atoms with E-state index in [-0.39, 0.29) is 23.7 Å². The molecule has 3 aromatic rings. The van der Waals surface area contributed by atoms with Crippen LogP contribution in [-0.2, 0) is 9.53 Å². The monoisotopic (exact) mass is 406 g/mol. The van der Waals surface area contributed by atoms with E-state index in [2.05, 4.69) is 15.4 Å². The van der Waals surface area contributed by atoms with E-state index < -0.39 is 0 Å². The zero-order valence-corrected chi connectivity index (χ0v) is 17.3. The topological polar surface area (TPSA) is 86.1 Å². The molecule has 7 heteroatoms. The van der Waals surface area contributed by atoms with Gasteiger partial charge < -0.3 is 10.1 Å². The highest BCUT2D eigenvalue weighted by Gasteiger charge is 2.32. The number of hydrogen-bond acceptors (Lipinski definition) is 5. The van der Waals surface area contributed by atoms with Gasteiger partial charge in [-0.1, -0.05) is 31.0 Å². The van der Waals surface area contributed by atoms with Gasteiger partial charge in [0.05, 0.1) is 36.0 Å². The second-order valence-electron chi connectivity index (χ2n) is 7.80. The molecule has 0 aliphatic heterocycles. The van der Waals surface area contributed by atoms with Crippen molar-refractivity contribution in [1.82, 2.24) is 20.1 Å². The lowest BCUT2D eigenvalue weighted by Crippen LogP contribution is -2.37. The summed E-state index contributed by atoms with van der Waals surface area (Å²) in [6.07, 6.45) is 5.39. The summed E-state index contributed by atoms with van der Waals surface area (Å²) in [4.78, 5) is 29.5. The van der Waals surface area contributed by atoms with E-state index in [9.17, 15) is 9.59 Å². The minimum Gasteiger partial charge on any atom is -0.469 e. The first-order valence-corrected chi connectivity index (χ1v) is 10.4.